The van der Waals surface area contributed by atoms with Crippen molar-refractivity contribution >= 4 is 28.7 Å². The number of methoxy groups -OCH3 is 1. The maximum Gasteiger partial charge on any atom is 0.433 e. The molecule has 11 nitrogen and oxygen atoms in total. The molecular weight excluding hydrogens is 583 g/mol. The quantitative estimate of drug-likeness (QED) is 0.256. The average Bonchev–Trinajstić information content (AvgIpc) is 3.63. The lowest BCUT2D eigenvalue weighted by Crippen LogP contribution is -2.42. The molecule has 0 bridgehead atoms. The first-order valence-corrected chi connectivity index (χ1v) is 14.2. The number of amides is 2. The summed E-state index contributed by atoms with van der Waals surface area (Å²) in [6.07, 6.45) is 1.08. The summed E-state index contributed by atoms with van der Waals surface area (Å²) < 4.78 is 56.5. The molecular formula is C30H32F3N5O6. The van der Waals surface area contributed by atoms with E-state index in [9.17, 15) is 27.6 Å². The van der Waals surface area contributed by atoms with E-state index < -0.39 is 29.8 Å². The SMILES string of the molecule is CCOC(=O)[C@@H]1CC(/C=C/CNC(=O)C2CC2)CN1C(=O)c1nc(-c2ccc(OC)c3nc(C(F)(F)F)ccc23)oc1CN. The van der Waals surface area contributed by atoms with Crippen LogP contribution in [-0.4, -0.2) is 65.5 Å². The smallest absolute Gasteiger partial charge is 0.433 e. The lowest BCUT2D eigenvalue weighted by molar-refractivity contribution is -0.147. The maximum absolute atomic E-state index is 13.9. The molecule has 1 aliphatic carbocycles. The van der Waals surface area contributed by atoms with Gasteiger partial charge in [0.15, 0.2) is 11.5 Å². The molecule has 44 heavy (non-hydrogen) atoms. The van der Waals surface area contributed by atoms with E-state index in [-0.39, 0.29) is 77.0 Å². The highest BCUT2D eigenvalue weighted by Gasteiger charge is 2.42. The number of ether oxygens (including phenoxy) is 2. The van der Waals surface area contributed by atoms with Crippen LogP contribution in [-0.2, 0) is 27.0 Å². The van der Waals surface area contributed by atoms with Crippen LogP contribution in [0.1, 0.15) is 48.1 Å². The number of oxazole rings is 1. The minimum absolute atomic E-state index is 0.0136. The molecule has 5 rings (SSSR count). The second kappa shape index (κ2) is 12.6. The Kier molecular flexibility index (Phi) is 8.90. The van der Waals surface area contributed by atoms with Gasteiger partial charge in [-0.05, 0) is 56.4 Å². The van der Waals surface area contributed by atoms with E-state index >= 15 is 0 Å². The number of carbonyl (C=O) groups excluding carboxylic acids is 3. The molecule has 1 saturated carbocycles. The van der Waals surface area contributed by atoms with Gasteiger partial charge in [0.05, 0.1) is 20.3 Å². The Hall–Kier alpha value is -4.46. The van der Waals surface area contributed by atoms with Crippen molar-refractivity contribution in [1.29, 1.82) is 0 Å². The number of nitrogens with zero attached hydrogens (tertiary/aromatic N) is 3. The van der Waals surface area contributed by atoms with Gasteiger partial charge in [-0.1, -0.05) is 12.2 Å². The molecule has 0 radical (unpaired) electrons. The average molecular weight is 616 g/mol. The first-order valence-electron chi connectivity index (χ1n) is 14.2. The minimum atomic E-state index is -4.67. The van der Waals surface area contributed by atoms with Crippen LogP contribution >= 0.6 is 0 Å². The number of aromatic nitrogens is 2. The van der Waals surface area contributed by atoms with Crippen molar-refractivity contribution < 1.29 is 41.4 Å². The van der Waals surface area contributed by atoms with Crippen LogP contribution in [0.3, 0.4) is 0 Å². The summed E-state index contributed by atoms with van der Waals surface area (Å²) in [4.78, 5) is 48.1. The van der Waals surface area contributed by atoms with Crippen molar-refractivity contribution in [3.63, 3.8) is 0 Å². The summed E-state index contributed by atoms with van der Waals surface area (Å²) >= 11 is 0. The first-order chi connectivity index (χ1) is 21.0. The minimum Gasteiger partial charge on any atom is -0.494 e. The number of fused-ring (bicyclic) bond motifs is 1. The Labute approximate surface area is 250 Å². The van der Waals surface area contributed by atoms with Gasteiger partial charge >= 0.3 is 12.1 Å². The first kappa shape index (κ1) is 31.0. The molecule has 0 spiro atoms. The van der Waals surface area contributed by atoms with Crippen LogP contribution in [0.4, 0.5) is 13.2 Å². The summed E-state index contributed by atoms with van der Waals surface area (Å²) in [6, 6.07) is 4.15. The molecule has 1 unspecified atom stereocenters. The Balaban J connectivity index is 1.44. The molecule has 3 aromatic rings. The van der Waals surface area contributed by atoms with Gasteiger partial charge in [-0.25, -0.2) is 14.8 Å². The number of hydrogen-bond acceptors (Lipinski definition) is 9. The molecule has 3 N–H and O–H groups in total. The van der Waals surface area contributed by atoms with E-state index in [1.54, 1.807) is 13.0 Å². The fourth-order valence-electron chi connectivity index (χ4n) is 5.21. The fourth-order valence-corrected chi connectivity index (χ4v) is 5.21. The predicted octanol–water partition coefficient (Wildman–Crippen LogP) is 3.85. The normalized spacial score (nSPS) is 18.6. The number of carbonyl (C=O) groups is 3. The number of benzene rings is 1. The lowest BCUT2D eigenvalue weighted by atomic mass is 10.1. The Morgan fingerprint density at radius 2 is 1.95 bits per heavy atom. The lowest BCUT2D eigenvalue weighted by Gasteiger charge is -2.22. The Bertz CT molecular complexity index is 1600. The second-order valence-electron chi connectivity index (χ2n) is 10.6. The zero-order valence-electron chi connectivity index (χ0n) is 24.1. The highest BCUT2D eigenvalue weighted by Crippen LogP contribution is 2.37. The van der Waals surface area contributed by atoms with E-state index in [1.165, 1.54) is 30.2 Å². The standard InChI is InChI=1S/C30H32F3N5O6/c1-3-43-29(41)20-13-16(5-4-12-35-26(39)17-6-7-17)15-38(20)28(40)25-22(14-34)44-27(37-25)19-8-10-21(42-2)24-18(19)9-11-23(36-24)30(31,32)33/h4-5,8-11,16-17,20H,3,6-7,12-15,34H2,1-2H3,(H,35,39)/b5-4+/t16?,20-/m0/s1. The number of pyridine rings is 1. The van der Waals surface area contributed by atoms with E-state index in [1.807, 2.05) is 6.08 Å². The van der Waals surface area contributed by atoms with Crippen molar-refractivity contribution in [2.45, 2.75) is 44.9 Å². The van der Waals surface area contributed by atoms with Gasteiger partial charge in [0.25, 0.3) is 5.91 Å². The molecule has 2 amide bonds. The molecule has 234 valence electrons. The third kappa shape index (κ3) is 6.39. The van der Waals surface area contributed by atoms with E-state index in [4.69, 9.17) is 19.6 Å². The molecule has 2 atom stereocenters. The predicted molar refractivity (Wildman–Crippen MR) is 151 cm³/mol. The van der Waals surface area contributed by atoms with Gasteiger partial charge in [-0.15, -0.1) is 0 Å². The monoisotopic (exact) mass is 615 g/mol. The van der Waals surface area contributed by atoms with Gasteiger partial charge < -0.3 is 29.8 Å². The number of halogens is 3. The number of alkyl halides is 3. The van der Waals surface area contributed by atoms with Crippen LogP contribution in [0.25, 0.3) is 22.4 Å². The summed E-state index contributed by atoms with van der Waals surface area (Å²) in [5.74, 6) is -1.17. The summed E-state index contributed by atoms with van der Waals surface area (Å²) in [6.45, 7) is 2.10. The van der Waals surface area contributed by atoms with Crippen LogP contribution in [0, 0.1) is 11.8 Å². The van der Waals surface area contributed by atoms with Crippen molar-refractivity contribution in [3.05, 3.63) is 53.6 Å². The molecule has 2 aromatic heterocycles. The third-order valence-electron chi connectivity index (χ3n) is 7.55. The zero-order valence-corrected chi connectivity index (χ0v) is 24.1. The molecule has 14 heteroatoms. The number of nitrogens with two attached hydrogens (primary N) is 1. The van der Waals surface area contributed by atoms with E-state index in [0.717, 1.165) is 18.9 Å². The van der Waals surface area contributed by atoms with E-state index in [2.05, 4.69) is 15.3 Å². The Morgan fingerprint density at radius 3 is 2.61 bits per heavy atom. The molecule has 1 saturated heterocycles. The fraction of sp³-hybridized carbons (Fsp3) is 0.433. The van der Waals surface area contributed by atoms with Gasteiger partial charge in [0.2, 0.25) is 11.8 Å². The third-order valence-corrected chi connectivity index (χ3v) is 7.55. The van der Waals surface area contributed by atoms with Crippen LogP contribution in [0.2, 0.25) is 0 Å². The zero-order chi connectivity index (χ0) is 31.6. The summed E-state index contributed by atoms with van der Waals surface area (Å²) in [5, 5.41) is 3.10. The van der Waals surface area contributed by atoms with Gasteiger partial charge in [0.1, 0.15) is 23.0 Å². The largest absolute Gasteiger partial charge is 0.494 e. The number of esters is 1. The van der Waals surface area contributed by atoms with Crippen molar-refractivity contribution in [1.82, 2.24) is 20.2 Å². The van der Waals surface area contributed by atoms with Crippen molar-refractivity contribution in [3.8, 4) is 17.2 Å². The van der Waals surface area contributed by atoms with Crippen LogP contribution < -0.4 is 15.8 Å². The number of hydrogen-bond donors (Lipinski definition) is 2. The van der Waals surface area contributed by atoms with Crippen LogP contribution in [0.15, 0.2) is 40.8 Å². The van der Waals surface area contributed by atoms with Crippen LogP contribution in [0.5, 0.6) is 5.75 Å². The molecule has 1 aliphatic heterocycles. The van der Waals surface area contributed by atoms with E-state index in [0.29, 0.717) is 13.0 Å². The van der Waals surface area contributed by atoms with Gasteiger partial charge in [-0.2, -0.15) is 13.2 Å². The molecule has 1 aromatic carbocycles. The highest BCUT2D eigenvalue weighted by molar-refractivity contribution is 5.99. The summed E-state index contributed by atoms with van der Waals surface area (Å²) in [5.41, 5.74) is 4.89. The highest BCUT2D eigenvalue weighted by atomic mass is 19.4. The Morgan fingerprint density at radius 1 is 1.18 bits per heavy atom. The summed E-state index contributed by atoms with van der Waals surface area (Å²) in [7, 11) is 1.31. The van der Waals surface area contributed by atoms with Gasteiger partial charge in [0, 0.05) is 30.0 Å². The van der Waals surface area contributed by atoms with Crippen molar-refractivity contribution in [2.24, 2.45) is 17.6 Å². The molecule has 2 fully saturated rings. The molecule has 3 heterocycles. The topological polar surface area (TPSA) is 150 Å². The second-order valence-corrected chi connectivity index (χ2v) is 10.6. The number of nitrogens with one attached hydrogen (secondary N) is 1. The number of rotatable bonds is 10. The molecule has 2 aliphatic rings. The van der Waals surface area contributed by atoms with Crippen molar-refractivity contribution in [2.75, 3.05) is 26.8 Å². The van der Waals surface area contributed by atoms with Gasteiger partial charge in [-0.3, -0.25) is 9.59 Å². The number of likely N-dealkylation sites (tertiary alicyclic amines) is 1. The maximum atomic E-state index is 13.9.